The number of nitrogens with one attached hydrogen (secondary N) is 2. The van der Waals surface area contributed by atoms with Crippen molar-refractivity contribution in [1.82, 2.24) is 19.7 Å². The van der Waals surface area contributed by atoms with Gasteiger partial charge in [-0.1, -0.05) is 0 Å². The van der Waals surface area contributed by atoms with Gasteiger partial charge in [-0.3, -0.25) is 28.9 Å². The topological polar surface area (TPSA) is 137 Å². The number of carbonyl (C=O) groups excluding carboxylic acids is 3. The van der Waals surface area contributed by atoms with E-state index in [1.165, 1.54) is 47.7 Å². The zero-order valence-electron chi connectivity index (χ0n) is 27.4. The molecule has 12 nitrogen and oxygen atoms in total. The first-order chi connectivity index (χ1) is 24.8. The van der Waals surface area contributed by atoms with Gasteiger partial charge < -0.3 is 24.8 Å². The first-order valence-corrected chi connectivity index (χ1v) is 17.3. The number of aromatic nitrogens is 3. The molecule has 0 spiro atoms. The van der Waals surface area contributed by atoms with Crippen molar-refractivity contribution in [2.75, 3.05) is 56.6 Å². The summed E-state index contributed by atoms with van der Waals surface area (Å²) in [7, 11) is 0. The van der Waals surface area contributed by atoms with Crippen molar-refractivity contribution >= 4 is 50.6 Å². The second-order valence-electron chi connectivity index (χ2n) is 12.3. The Labute approximate surface area is 295 Å². The van der Waals surface area contributed by atoms with Gasteiger partial charge in [0.15, 0.2) is 17.3 Å². The van der Waals surface area contributed by atoms with E-state index in [-0.39, 0.29) is 37.2 Å². The Morgan fingerprint density at radius 1 is 0.980 bits per heavy atom. The zero-order valence-corrected chi connectivity index (χ0v) is 28.2. The third-order valence-electron chi connectivity index (χ3n) is 8.76. The molecular formula is C36H34F2N6O6S. The number of hydrogen-bond acceptors (Lipinski definition) is 11. The van der Waals surface area contributed by atoms with Gasteiger partial charge in [-0.05, 0) is 55.3 Å². The predicted octanol–water partition coefficient (Wildman–Crippen LogP) is 5.51. The lowest BCUT2D eigenvalue weighted by Crippen LogP contribution is -2.40. The number of hydrogen-bond donors (Lipinski definition) is 2. The van der Waals surface area contributed by atoms with E-state index in [0.717, 1.165) is 15.1 Å². The number of ether oxygens (including phenoxy) is 3. The second kappa shape index (κ2) is 14.9. The first kappa shape index (κ1) is 34.2. The highest BCUT2D eigenvalue weighted by Crippen LogP contribution is 2.47. The van der Waals surface area contributed by atoms with Crippen LogP contribution >= 0.6 is 11.3 Å². The van der Waals surface area contributed by atoms with Gasteiger partial charge in [0.1, 0.15) is 23.6 Å². The van der Waals surface area contributed by atoms with Crippen molar-refractivity contribution in [2.45, 2.75) is 19.4 Å². The minimum absolute atomic E-state index is 0.0114. The zero-order chi connectivity index (χ0) is 35.4. The van der Waals surface area contributed by atoms with Gasteiger partial charge in [0.05, 0.1) is 49.3 Å². The number of esters is 1. The number of anilines is 2. The van der Waals surface area contributed by atoms with Crippen LogP contribution in [0.15, 0.2) is 73.2 Å². The minimum Gasteiger partial charge on any atom is -0.463 e. The van der Waals surface area contributed by atoms with E-state index in [1.54, 1.807) is 29.2 Å². The third-order valence-corrected chi connectivity index (χ3v) is 9.95. The van der Waals surface area contributed by atoms with Crippen LogP contribution in [0.2, 0.25) is 0 Å². The van der Waals surface area contributed by atoms with E-state index in [4.69, 9.17) is 14.2 Å². The Hall–Kier alpha value is -5.25. The molecule has 0 radical (unpaired) electrons. The van der Waals surface area contributed by atoms with Crippen LogP contribution < -0.4 is 15.4 Å². The maximum Gasteiger partial charge on any atom is 0.320 e. The molecule has 0 atom stereocenters. The Morgan fingerprint density at radius 2 is 1.76 bits per heavy atom. The molecule has 264 valence electrons. The van der Waals surface area contributed by atoms with E-state index >= 15 is 4.39 Å². The Kier molecular flexibility index (Phi) is 10.0. The number of ketones is 1. The van der Waals surface area contributed by atoms with Crippen molar-refractivity contribution in [3.8, 4) is 21.9 Å². The highest BCUT2D eigenvalue weighted by Gasteiger charge is 2.55. The predicted molar refractivity (Wildman–Crippen MR) is 186 cm³/mol. The molecule has 51 heavy (non-hydrogen) atoms. The SMILES string of the molecule is O=C(CN1CCOCC1)OCCn1cc(-c2cc3nccc(Oc4ccc(NCC(=O)C5(C(=O)Nc6ccc(F)cc6)CC5)cc4F)c3s2)cn1. The molecule has 2 aliphatic rings. The molecule has 2 aromatic carbocycles. The van der Waals surface area contributed by atoms with Gasteiger partial charge in [-0.25, -0.2) is 8.78 Å². The lowest BCUT2D eigenvalue weighted by atomic mass is 9.99. The van der Waals surface area contributed by atoms with E-state index in [0.29, 0.717) is 68.3 Å². The Bertz CT molecular complexity index is 2060. The van der Waals surface area contributed by atoms with Crippen molar-refractivity contribution in [2.24, 2.45) is 5.41 Å². The lowest BCUT2D eigenvalue weighted by Gasteiger charge is -2.25. The number of nitrogens with zero attached hydrogens (tertiary/aromatic N) is 4. The molecule has 7 rings (SSSR count). The van der Waals surface area contributed by atoms with Crippen LogP contribution in [0.3, 0.4) is 0 Å². The largest absolute Gasteiger partial charge is 0.463 e. The van der Waals surface area contributed by atoms with E-state index in [2.05, 4.69) is 20.7 Å². The summed E-state index contributed by atoms with van der Waals surface area (Å²) in [6, 6.07) is 13.2. The van der Waals surface area contributed by atoms with Crippen LogP contribution in [0, 0.1) is 17.0 Å². The summed E-state index contributed by atoms with van der Waals surface area (Å²) in [5.41, 5.74) is 1.11. The average molecular weight is 717 g/mol. The first-order valence-electron chi connectivity index (χ1n) is 16.4. The van der Waals surface area contributed by atoms with Crippen LogP contribution in [0.1, 0.15) is 12.8 Å². The molecule has 4 heterocycles. The number of fused-ring (bicyclic) bond motifs is 1. The molecule has 1 aliphatic heterocycles. The van der Waals surface area contributed by atoms with Crippen LogP contribution in [-0.2, 0) is 30.4 Å². The second-order valence-corrected chi connectivity index (χ2v) is 13.4. The molecule has 1 amide bonds. The monoisotopic (exact) mass is 716 g/mol. The normalized spacial score (nSPS) is 15.3. The van der Waals surface area contributed by atoms with Crippen LogP contribution in [-0.4, -0.2) is 83.3 Å². The maximum absolute atomic E-state index is 15.2. The van der Waals surface area contributed by atoms with E-state index < -0.39 is 23.0 Å². The molecular weight excluding hydrogens is 682 g/mol. The lowest BCUT2D eigenvalue weighted by molar-refractivity contribution is -0.146. The number of rotatable bonds is 14. The summed E-state index contributed by atoms with van der Waals surface area (Å²) in [6.07, 6.45) is 5.98. The van der Waals surface area contributed by atoms with E-state index in [1.807, 2.05) is 17.2 Å². The summed E-state index contributed by atoms with van der Waals surface area (Å²) in [6.45, 7) is 3.32. The number of amides is 1. The van der Waals surface area contributed by atoms with Gasteiger partial charge in [0, 0.05) is 59.4 Å². The maximum atomic E-state index is 15.2. The molecule has 0 unspecified atom stereocenters. The molecule has 15 heteroatoms. The van der Waals surface area contributed by atoms with Crippen molar-refractivity contribution < 1.29 is 37.4 Å². The molecule has 1 saturated carbocycles. The van der Waals surface area contributed by atoms with Crippen molar-refractivity contribution in [1.29, 1.82) is 0 Å². The van der Waals surface area contributed by atoms with Crippen molar-refractivity contribution in [3.05, 3.63) is 84.8 Å². The summed E-state index contributed by atoms with van der Waals surface area (Å²) >= 11 is 1.43. The van der Waals surface area contributed by atoms with Crippen molar-refractivity contribution in [3.63, 3.8) is 0 Å². The number of Topliss-reactive ketones (excluding diaryl/α,β-unsaturated/α-hetero) is 1. The van der Waals surface area contributed by atoms with Gasteiger partial charge >= 0.3 is 5.97 Å². The molecule has 5 aromatic rings. The standard InChI is InChI=1S/C36H34F2N6O6S/c37-24-1-3-25(4-2-24)42-35(47)36(8-9-36)32(45)20-40-26-5-6-29(27(38)17-26)50-30-7-10-39-28-18-31(51-34(28)30)23-19-41-44(21-23)13-16-49-33(46)22-43-11-14-48-15-12-43/h1-7,10,17-19,21,40H,8-9,11-16,20,22H2,(H,42,47). The summed E-state index contributed by atoms with van der Waals surface area (Å²) in [4.78, 5) is 45.4. The fraction of sp³-hybridized carbons (Fsp3) is 0.306. The molecule has 3 aromatic heterocycles. The summed E-state index contributed by atoms with van der Waals surface area (Å²) in [5.74, 6) is -1.69. The number of carbonyl (C=O) groups is 3. The summed E-state index contributed by atoms with van der Waals surface area (Å²) < 4.78 is 47.6. The minimum atomic E-state index is -1.16. The number of benzene rings is 2. The summed E-state index contributed by atoms with van der Waals surface area (Å²) in [5, 5.41) is 10.00. The number of thiophene rings is 1. The fourth-order valence-corrected chi connectivity index (χ4v) is 6.74. The Morgan fingerprint density at radius 3 is 2.53 bits per heavy atom. The molecule has 2 N–H and O–H groups in total. The van der Waals surface area contributed by atoms with Crippen LogP contribution in [0.5, 0.6) is 11.5 Å². The molecule has 1 aliphatic carbocycles. The highest BCUT2D eigenvalue weighted by atomic mass is 32.1. The highest BCUT2D eigenvalue weighted by molar-refractivity contribution is 7.22. The smallest absolute Gasteiger partial charge is 0.320 e. The fourth-order valence-electron chi connectivity index (χ4n) is 5.70. The van der Waals surface area contributed by atoms with Gasteiger partial charge in [-0.2, -0.15) is 5.10 Å². The van der Waals surface area contributed by atoms with Gasteiger partial charge in [0.2, 0.25) is 5.91 Å². The van der Waals surface area contributed by atoms with Crippen LogP contribution in [0.25, 0.3) is 20.7 Å². The molecule has 0 bridgehead atoms. The molecule has 1 saturated heterocycles. The van der Waals surface area contributed by atoms with Gasteiger partial charge in [0.25, 0.3) is 0 Å². The molecule has 2 fully saturated rings. The Balaban J connectivity index is 0.936. The number of pyridine rings is 1. The number of halogens is 2. The quantitative estimate of drug-likeness (QED) is 0.112. The average Bonchev–Trinajstić information content (AvgIpc) is 3.61. The van der Waals surface area contributed by atoms with E-state index in [9.17, 15) is 18.8 Å². The number of morpholine rings is 1. The van der Waals surface area contributed by atoms with Crippen LogP contribution in [0.4, 0.5) is 20.2 Å². The third kappa shape index (κ3) is 8.06. The van der Waals surface area contributed by atoms with Gasteiger partial charge in [-0.15, -0.1) is 11.3 Å².